The molecular formula is C14H16BrN3OS. The number of thioether (sulfide) groups is 1. The third kappa shape index (κ3) is 3.84. The summed E-state index contributed by atoms with van der Waals surface area (Å²) in [7, 11) is 0. The van der Waals surface area contributed by atoms with E-state index in [1.165, 1.54) is 11.3 Å². The van der Waals surface area contributed by atoms with Crippen molar-refractivity contribution in [1.82, 2.24) is 15.5 Å². The number of aromatic nitrogens is 2. The average Bonchev–Trinajstić information content (AvgIpc) is 3.11. The lowest BCUT2D eigenvalue weighted by Gasteiger charge is -2.01. The lowest BCUT2D eigenvalue weighted by molar-refractivity contribution is 0.354. The maximum Gasteiger partial charge on any atom is 0.226 e. The molecule has 1 aromatic carbocycles. The number of hydrogen-bond donors (Lipinski definition) is 1. The smallest absolute Gasteiger partial charge is 0.226 e. The van der Waals surface area contributed by atoms with E-state index in [2.05, 4.69) is 43.5 Å². The Morgan fingerprint density at radius 2 is 2.20 bits per heavy atom. The highest BCUT2D eigenvalue weighted by molar-refractivity contribution is 9.10. The zero-order chi connectivity index (χ0) is 13.8. The van der Waals surface area contributed by atoms with Gasteiger partial charge in [0.1, 0.15) is 0 Å². The van der Waals surface area contributed by atoms with Gasteiger partial charge < -0.3 is 9.84 Å². The van der Waals surface area contributed by atoms with Crippen LogP contribution < -0.4 is 5.32 Å². The number of hydrogen-bond acceptors (Lipinski definition) is 5. The van der Waals surface area contributed by atoms with Gasteiger partial charge in [0, 0.05) is 15.8 Å². The molecule has 1 aliphatic heterocycles. The number of nitrogens with zero attached hydrogens (tertiary/aromatic N) is 2. The predicted molar refractivity (Wildman–Crippen MR) is 82.7 cm³/mol. The molecule has 0 aliphatic carbocycles. The van der Waals surface area contributed by atoms with Gasteiger partial charge in [0.05, 0.1) is 5.75 Å². The summed E-state index contributed by atoms with van der Waals surface area (Å²) in [5.74, 6) is 2.93. The first-order valence-corrected chi connectivity index (χ1v) is 8.48. The van der Waals surface area contributed by atoms with Crippen molar-refractivity contribution in [3.8, 4) is 0 Å². The Bertz CT molecular complexity index is 552. The van der Waals surface area contributed by atoms with Crippen LogP contribution in [0.5, 0.6) is 0 Å². The molecule has 1 aliphatic rings. The Hall–Kier alpha value is -0.850. The Morgan fingerprint density at radius 1 is 1.35 bits per heavy atom. The van der Waals surface area contributed by atoms with Gasteiger partial charge in [0.15, 0.2) is 5.82 Å². The molecule has 2 heterocycles. The van der Waals surface area contributed by atoms with E-state index in [-0.39, 0.29) is 0 Å². The Labute approximate surface area is 130 Å². The largest absolute Gasteiger partial charge is 0.339 e. The molecule has 0 spiro atoms. The first kappa shape index (κ1) is 14.1. The number of halogens is 1. The average molecular weight is 354 g/mol. The molecule has 0 bridgehead atoms. The Morgan fingerprint density at radius 3 is 2.95 bits per heavy atom. The summed E-state index contributed by atoms with van der Waals surface area (Å²) in [4.78, 5) is 5.68. The Balaban J connectivity index is 1.52. The molecule has 1 atom stereocenters. The minimum Gasteiger partial charge on any atom is -0.339 e. The maximum absolute atomic E-state index is 5.32. The SMILES string of the molecule is Brc1ccc(SCc2noc(CC3CCNC3)n2)cc1. The highest BCUT2D eigenvalue weighted by Gasteiger charge is 2.18. The molecular weight excluding hydrogens is 338 g/mol. The highest BCUT2D eigenvalue weighted by atomic mass is 79.9. The summed E-state index contributed by atoms with van der Waals surface area (Å²) >= 11 is 5.15. The van der Waals surface area contributed by atoms with Gasteiger partial charge in [-0.15, -0.1) is 11.8 Å². The molecule has 106 valence electrons. The van der Waals surface area contributed by atoms with Gasteiger partial charge in [-0.3, -0.25) is 0 Å². The van der Waals surface area contributed by atoms with Crippen LogP contribution in [0.3, 0.4) is 0 Å². The van der Waals surface area contributed by atoms with Crippen LogP contribution in [0, 0.1) is 5.92 Å². The van der Waals surface area contributed by atoms with E-state index >= 15 is 0 Å². The van der Waals surface area contributed by atoms with Crippen molar-refractivity contribution in [3.63, 3.8) is 0 Å². The number of rotatable bonds is 5. The maximum atomic E-state index is 5.32. The molecule has 3 rings (SSSR count). The molecule has 0 radical (unpaired) electrons. The van der Waals surface area contributed by atoms with Crippen molar-refractivity contribution in [2.45, 2.75) is 23.5 Å². The lowest BCUT2D eigenvalue weighted by atomic mass is 10.1. The zero-order valence-corrected chi connectivity index (χ0v) is 13.4. The molecule has 6 heteroatoms. The fourth-order valence-corrected chi connectivity index (χ4v) is 3.25. The lowest BCUT2D eigenvalue weighted by Crippen LogP contribution is -2.10. The first-order chi connectivity index (χ1) is 9.79. The predicted octanol–water partition coefficient (Wildman–Crippen LogP) is 3.28. The van der Waals surface area contributed by atoms with E-state index < -0.39 is 0 Å². The van der Waals surface area contributed by atoms with Gasteiger partial charge in [0.2, 0.25) is 5.89 Å². The molecule has 1 saturated heterocycles. The van der Waals surface area contributed by atoms with E-state index in [1.807, 2.05) is 12.1 Å². The minimum absolute atomic E-state index is 0.641. The van der Waals surface area contributed by atoms with Crippen LogP contribution in [0.15, 0.2) is 38.2 Å². The molecule has 1 fully saturated rings. The second-order valence-corrected chi connectivity index (χ2v) is 6.87. The van der Waals surface area contributed by atoms with Crippen LogP contribution in [0.4, 0.5) is 0 Å². The second kappa shape index (κ2) is 6.74. The fourth-order valence-electron chi connectivity index (χ4n) is 2.25. The normalized spacial score (nSPS) is 18.6. The zero-order valence-electron chi connectivity index (χ0n) is 11.0. The van der Waals surface area contributed by atoms with E-state index in [9.17, 15) is 0 Å². The molecule has 1 unspecified atom stereocenters. The summed E-state index contributed by atoms with van der Waals surface area (Å²) < 4.78 is 6.42. The van der Waals surface area contributed by atoms with Gasteiger partial charge in [-0.2, -0.15) is 4.98 Å². The molecule has 4 nitrogen and oxygen atoms in total. The van der Waals surface area contributed by atoms with Gasteiger partial charge >= 0.3 is 0 Å². The van der Waals surface area contributed by atoms with Gasteiger partial charge in [-0.25, -0.2) is 0 Å². The van der Waals surface area contributed by atoms with Gasteiger partial charge in [-0.1, -0.05) is 21.1 Å². The molecule has 1 N–H and O–H groups in total. The summed E-state index contributed by atoms with van der Waals surface area (Å²) in [5.41, 5.74) is 0. The molecule has 1 aromatic heterocycles. The van der Waals surface area contributed by atoms with Crippen LogP contribution in [0.2, 0.25) is 0 Å². The van der Waals surface area contributed by atoms with Crippen molar-refractivity contribution in [1.29, 1.82) is 0 Å². The quantitative estimate of drug-likeness (QED) is 0.836. The highest BCUT2D eigenvalue weighted by Crippen LogP contribution is 2.23. The van der Waals surface area contributed by atoms with Crippen molar-refractivity contribution < 1.29 is 4.52 Å². The van der Waals surface area contributed by atoms with Gasteiger partial charge in [0.25, 0.3) is 0 Å². The van der Waals surface area contributed by atoms with Crippen molar-refractivity contribution in [2.75, 3.05) is 13.1 Å². The van der Waals surface area contributed by atoms with Crippen LogP contribution >= 0.6 is 27.7 Å². The van der Waals surface area contributed by atoms with E-state index in [0.29, 0.717) is 5.92 Å². The Kier molecular flexibility index (Phi) is 4.75. The monoisotopic (exact) mass is 353 g/mol. The van der Waals surface area contributed by atoms with E-state index in [0.717, 1.165) is 41.5 Å². The van der Waals surface area contributed by atoms with E-state index in [4.69, 9.17) is 4.52 Å². The van der Waals surface area contributed by atoms with Crippen LogP contribution in [0.25, 0.3) is 0 Å². The number of benzene rings is 1. The van der Waals surface area contributed by atoms with Crippen LogP contribution in [-0.4, -0.2) is 23.2 Å². The van der Waals surface area contributed by atoms with Gasteiger partial charge in [-0.05, 0) is 49.7 Å². The third-order valence-electron chi connectivity index (χ3n) is 3.32. The van der Waals surface area contributed by atoms with Crippen molar-refractivity contribution >= 4 is 27.7 Å². The second-order valence-electron chi connectivity index (χ2n) is 4.91. The molecule has 20 heavy (non-hydrogen) atoms. The summed E-state index contributed by atoms with van der Waals surface area (Å²) in [5, 5.41) is 7.41. The first-order valence-electron chi connectivity index (χ1n) is 6.70. The fraction of sp³-hybridized carbons (Fsp3) is 0.429. The minimum atomic E-state index is 0.641. The summed E-state index contributed by atoms with van der Waals surface area (Å²) in [6.45, 7) is 2.16. The van der Waals surface area contributed by atoms with Crippen molar-refractivity contribution in [2.24, 2.45) is 5.92 Å². The van der Waals surface area contributed by atoms with Crippen LogP contribution in [-0.2, 0) is 12.2 Å². The topological polar surface area (TPSA) is 51.0 Å². The van der Waals surface area contributed by atoms with Crippen molar-refractivity contribution in [3.05, 3.63) is 40.5 Å². The van der Waals surface area contributed by atoms with E-state index in [1.54, 1.807) is 11.8 Å². The molecule has 0 amide bonds. The standard InChI is InChI=1S/C14H16BrN3OS/c15-11-1-3-12(4-2-11)20-9-13-17-14(19-18-13)7-10-5-6-16-8-10/h1-4,10,16H,5-9H2. The number of nitrogens with one attached hydrogen (secondary N) is 1. The van der Waals surface area contributed by atoms with Crippen LogP contribution in [0.1, 0.15) is 18.1 Å². The molecule has 0 saturated carbocycles. The third-order valence-corrected chi connectivity index (χ3v) is 4.85. The summed E-state index contributed by atoms with van der Waals surface area (Å²) in [6, 6.07) is 8.24. The molecule has 2 aromatic rings. The summed E-state index contributed by atoms with van der Waals surface area (Å²) in [6.07, 6.45) is 2.09.